The Labute approximate surface area is 125 Å². The Morgan fingerprint density at radius 1 is 1.10 bits per heavy atom. The van der Waals surface area contributed by atoms with Crippen molar-refractivity contribution in [1.29, 1.82) is 0 Å². The summed E-state index contributed by atoms with van der Waals surface area (Å²) in [6, 6.07) is 10.9. The summed E-state index contributed by atoms with van der Waals surface area (Å²) >= 11 is 1.82. The zero-order valence-electron chi connectivity index (χ0n) is 12.1. The SMILES string of the molecule is CCc1ccc(CC(O)c2cc3c(s2)CCCC3)cc1. The van der Waals surface area contributed by atoms with Crippen molar-refractivity contribution >= 4 is 11.3 Å². The molecule has 0 saturated heterocycles. The number of fused-ring (bicyclic) bond motifs is 1. The topological polar surface area (TPSA) is 20.2 Å². The van der Waals surface area contributed by atoms with Gasteiger partial charge < -0.3 is 5.11 Å². The number of hydrogen-bond acceptors (Lipinski definition) is 2. The van der Waals surface area contributed by atoms with Crippen molar-refractivity contribution in [2.24, 2.45) is 0 Å². The summed E-state index contributed by atoms with van der Waals surface area (Å²) in [5, 5.41) is 10.5. The molecule has 0 saturated carbocycles. The molecule has 20 heavy (non-hydrogen) atoms. The molecule has 2 heteroatoms. The van der Waals surface area contributed by atoms with Gasteiger partial charge >= 0.3 is 0 Å². The quantitative estimate of drug-likeness (QED) is 0.879. The van der Waals surface area contributed by atoms with Crippen LogP contribution in [0.1, 0.15) is 52.3 Å². The molecule has 1 N–H and O–H groups in total. The maximum Gasteiger partial charge on any atom is 0.0922 e. The molecule has 0 radical (unpaired) electrons. The van der Waals surface area contributed by atoms with Gasteiger partial charge in [-0.1, -0.05) is 31.2 Å². The fourth-order valence-corrected chi connectivity index (χ4v) is 4.16. The number of aliphatic hydroxyl groups excluding tert-OH is 1. The molecule has 1 atom stereocenters. The molecular formula is C18H22OS. The zero-order valence-corrected chi connectivity index (χ0v) is 12.9. The van der Waals surface area contributed by atoms with E-state index in [1.54, 1.807) is 0 Å². The van der Waals surface area contributed by atoms with Crippen LogP contribution >= 0.6 is 11.3 Å². The fourth-order valence-electron chi connectivity index (χ4n) is 2.91. The Bertz CT molecular complexity index is 544. The van der Waals surface area contributed by atoms with E-state index in [1.165, 1.54) is 47.3 Å². The predicted octanol–water partition coefficient (Wildman–Crippen LogP) is 4.47. The monoisotopic (exact) mass is 286 g/mol. The summed E-state index contributed by atoms with van der Waals surface area (Å²) in [5.74, 6) is 0. The molecule has 3 rings (SSSR count). The van der Waals surface area contributed by atoms with Crippen molar-refractivity contribution in [3.8, 4) is 0 Å². The highest BCUT2D eigenvalue weighted by Gasteiger charge is 2.17. The molecule has 0 bridgehead atoms. The van der Waals surface area contributed by atoms with Crippen LogP contribution in [0.5, 0.6) is 0 Å². The van der Waals surface area contributed by atoms with E-state index in [-0.39, 0.29) is 6.10 Å². The molecule has 1 aliphatic rings. The van der Waals surface area contributed by atoms with E-state index in [2.05, 4.69) is 37.3 Å². The van der Waals surface area contributed by atoms with Crippen LogP contribution in [0.2, 0.25) is 0 Å². The molecule has 0 aliphatic heterocycles. The summed E-state index contributed by atoms with van der Waals surface area (Å²) in [6.07, 6.45) is 6.46. The van der Waals surface area contributed by atoms with Gasteiger partial charge in [-0.15, -0.1) is 11.3 Å². The van der Waals surface area contributed by atoms with Crippen LogP contribution in [0, 0.1) is 0 Å². The maximum absolute atomic E-state index is 10.5. The first-order valence-corrected chi connectivity index (χ1v) is 8.45. The molecule has 106 valence electrons. The summed E-state index contributed by atoms with van der Waals surface area (Å²) in [6.45, 7) is 2.17. The van der Waals surface area contributed by atoms with Gasteiger partial charge in [-0.25, -0.2) is 0 Å². The van der Waals surface area contributed by atoms with Crippen molar-refractivity contribution < 1.29 is 5.11 Å². The van der Waals surface area contributed by atoms with Gasteiger partial charge in [-0.2, -0.15) is 0 Å². The normalized spacial score (nSPS) is 15.9. The lowest BCUT2D eigenvalue weighted by molar-refractivity contribution is 0.182. The molecule has 1 aliphatic carbocycles. The molecule has 1 nitrogen and oxygen atoms in total. The molecule has 0 fully saturated rings. The highest BCUT2D eigenvalue weighted by atomic mass is 32.1. The van der Waals surface area contributed by atoms with Crippen molar-refractivity contribution in [3.05, 3.63) is 56.8 Å². The smallest absolute Gasteiger partial charge is 0.0922 e. The van der Waals surface area contributed by atoms with Crippen LogP contribution in [0.3, 0.4) is 0 Å². The molecule has 1 heterocycles. The van der Waals surface area contributed by atoms with E-state index >= 15 is 0 Å². The van der Waals surface area contributed by atoms with Crippen LogP contribution in [0.15, 0.2) is 30.3 Å². The van der Waals surface area contributed by atoms with Crippen molar-refractivity contribution in [1.82, 2.24) is 0 Å². The van der Waals surface area contributed by atoms with Crippen LogP contribution in [0.25, 0.3) is 0 Å². The third-order valence-electron chi connectivity index (χ3n) is 4.20. The predicted molar refractivity (Wildman–Crippen MR) is 85.4 cm³/mol. The highest BCUT2D eigenvalue weighted by molar-refractivity contribution is 7.12. The number of hydrogen-bond donors (Lipinski definition) is 1. The first-order valence-electron chi connectivity index (χ1n) is 7.63. The second-order valence-corrected chi connectivity index (χ2v) is 6.86. The van der Waals surface area contributed by atoms with Crippen molar-refractivity contribution in [3.63, 3.8) is 0 Å². The number of benzene rings is 1. The third kappa shape index (κ3) is 2.97. The van der Waals surface area contributed by atoms with Gasteiger partial charge in [0.1, 0.15) is 0 Å². The summed E-state index contributed by atoms with van der Waals surface area (Å²) in [4.78, 5) is 2.66. The second-order valence-electron chi connectivity index (χ2n) is 5.69. The Morgan fingerprint density at radius 2 is 1.80 bits per heavy atom. The van der Waals surface area contributed by atoms with Gasteiger partial charge in [0.2, 0.25) is 0 Å². The van der Waals surface area contributed by atoms with Gasteiger partial charge in [-0.05, 0) is 54.9 Å². The summed E-state index contributed by atoms with van der Waals surface area (Å²) < 4.78 is 0. The van der Waals surface area contributed by atoms with E-state index in [9.17, 15) is 5.11 Å². The van der Waals surface area contributed by atoms with Crippen LogP contribution < -0.4 is 0 Å². The number of aryl methyl sites for hydroxylation is 3. The Morgan fingerprint density at radius 3 is 2.50 bits per heavy atom. The van der Waals surface area contributed by atoms with Crippen LogP contribution in [0.4, 0.5) is 0 Å². The molecule has 1 unspecified atom stereocenters. The van der Waals surface area contributed by atoms with Crippen LogP contribution in [-0.2, 0) is 25.7 Å². The average molecular weight is 286 g/mol. The van der Waals surface area contributed by atoms with Gasteiger partial charge in [0.15, 0.2) is 0 Å². The molecule has 0 spiro atoms. The average Bonchev–Trinajstić information content (AvgIpc) is 2.92. The summed E-state index contributed by atoms with van der Waals surface area (Å²) in [5.41, 5.74) is 4.06. The zero-order chi connectivity index (χ0) is 13.9. The minimum absolute atomic E-state index is 0.349. The fraction of sp³-hybridized carbons (Fsp3) is 0.444. The van der Waals surface area contributed by atoms with Crippen LogP contribution in [-0.4, -0.2) is 5.11 Å². The lowest BCUT2D eigenvalue weighted by Gasteiger charge is -2.09. The molecule has 1 aromatic carbocycles. The standard InChI is InChI=1S/C18H22OS/c1-2-13-7-9-14(10-8-13)11-16(19)18-12-15-5-3-4-6-17(15)20-18/h7-10,12,16,19H,2-6,11H2,1H3. The molecular weight excluding hydrogens is 264 g/mol. The lowest BCUT2D eigenvalue weighted by Crippen LogP contribution is -1.99. The molecule has 2 aromatic rings. The molecule has 0 amide bonds. The minimum Gasteiger partial charge on any atom is -0.387 e. The van der Waals surface area contributed by atoms with Gasteiger partial charge in [0.25, 0.3) is 0 Å². The van der Waals surface area contributed by atoms with Crippen molar-refractivity contribution in [2.45, 2.75) is 51.6 Å². The maximum atomic E-state index is 10.5. The minimum atomic E-state index is -0.349. The first kappa shape index (κ1) is 13.8. The number of thiophene rings is 1. The Balaban J connectivity index is 1.71. The van der Waals surface area contributed by atoms with E-state index in [1.807, 2.05) is 11.3 Å². The first-order chi connectivity index (χ1) is 9.76. The van der Waals surface area contributed by atoms with Gasteiger partial charge in [0, 0.05) is 16.2 Å². The van der Waals surface area contributed by atoms with Gasteiger partial charge in [0.05, 0.1) is 6.10 Å². The number of aliphatic hydroxyl groups is 1. The summed E-state index contributed by atoms with van der Waals surface area (Å²) in [7, 11) is 0. The lowest BCUT2D eigenvalue weighted by atomic mass is 9.98. The Kier molecular flexibility index (Phi) is 4.23. The third-order valence-corrected chi connectivity index (χ3v) is 5.54. The van der Waals surface area contributed by atoms with E-state index in [0.717, 1.165) is 17.7 Å². The van der Waals surface area contributed by atoms with Gasteiger partial charge in [-0.3, -0.25) is 0 Å². The number of rotatable bonds is 4. The van der Waals surface area contributed by atoms with E-state index in [0.29, 0.717) is 0 Å². The van der Waals surface area contributed by atoms with E-state index < -0.39 is 0 Å². The largest absolute Gasteiger partial charge is 0.387 e. The highest BCUT2D eigenvalue weighted by Crippen LogP contribution is 2.34. The Hall–Kier alpha value is -1.12. The second kappa shape index (κ2) is 6.11. The van der Waals surface area contributed by atoms with Crippen molar-refractivity contribution in [2.75, 3.05) is 0 Å². The molecule has 1 aromatic heterocycles. The van der Waals surface area contributed by atoms with E-state index in [4.69, 9.17) is 0 Å².